The molecule has 0 aliphatic rings. The van der Waals surface area contributed by atoms with Crippen LogP contribution in [0.3, 0.4) is 0 Å². The Morgan fingerprint density at radius 2 is 1.79 bits per heavy atom. The minimum absolute atomic E-state index is 0.160. The Labute approximate surface area is 159 Å². The number of ether oxygens (including phenoxy) is 1. The second-order valence-electron chi connectivity index (χ2n) is 5.84. The highest BCUT2D eigenvalue weighted by Crippen LogP contribution is 2.15. The minimum atomic E-state index is -0.762. The van der Waals surface area contributed by atoms with Crippen molar-refractivity contribution in [3.8, 4) is 11.6 Å². The average Bonchev–Trinajstić information content (AvgIpc) is 2.66. The van der Waals surface area contributed by atoms with Crippen LogP contribution < -0.4 is 15.5 Å². The van der Waals surface area contributed by atoms with Crippen LogP contribution >= 0.6 is 0 Å². The molecule has 3 aromatic rings. The van der Waals surface area contributed by atoms with Crippen LogP contribution in [0, 0.1) is 11.6 Å². The number of aromatic nitrogens is 2. The molecule has 6 nitrogen and oxygen atoms in total. The monoisotopic (exact) mass is 385 g/mol. The Bertz CT molecular complexity index is 1030. The second kappa shape index (κ2) is 8.43. The van der Waals surface area contributed by atoms with E-state index in [1.165, 1.54) is 10.7 Å². The maximum absolute atomic E-state index is 13.3. The summed E-state index contributed by atoms with van der Waals surface area (Å²) in [5.74, 6) is -2.07. The summed E-state index contributed by atoms with van der Waals surface area (Å²) in [5, 5.41) is 6.58. The van der Waals surface area contributed by atoms with E-state index in [2.05, 4.69) is 10.4 Å². The molecule has 2 aromatic carbocycles. The molecule has 1 amide bonds. The fraction of sp³-hybridized carbons (Fsp3) is 0.150. The van der Waals surface area contributed by atoms with E-state index in [9.17, 15) is 18.4 Å². The number of para-hydroxylation sites is 1. The van der Waals surface area contributed by atoms with E-state index in [4.69, 9.17) is 4.74 Å². The Hall–Kier alpha value is -3.55. The number of halogens is 2. The van der Waals surface area contributed by atoms with Gasteiger partial charge >= 0.3 is 0 Å². The summed E-state index contributed by atoms with van der Waals surface area (Å²) in [6, 6.07) is 13.0. The van der Waals surface area contributed by atoms with Gasteiger partial charge in [0.2, 0.25) is 11.3 Å². The summed E-state index contributed by atoms with van der Waals surface area (Å²) in [7, 11) is 0. The molecule has 0 saturated carbocycles. The van der Waals surface area contributed by atoms with E-state index < -0.39 is 23.0 Å². The van der Waals surface area contributed by atoms with Crippen LogP contribution in [0.25, 0.3) is 5.69 Å². The fourth-order valence-corrected chi connectivity index (χ4v) is 2.58. The lowest BCUT2D eigenvalue weighted by molar-refractivity contribution is 0.0942. The first-order chi connectivity index (χ1) is 13.5. The van der Waals surface area contributed by atoms with Crippen molar-refractivity contribution in [3.05, 3.63) is 87.7 Å². The van der Waals surface area contributed by atoms with E-state index in [1.807, 2.05) is 6.07 Å². The third-order valence-electron chi connectivity index (χ3n) is 3.78. The largest absolute Gasteiger partial charge is 0.478 e. The molecule has 1 N–H and O–H groups in total. The molecule has 0 radical (unpaired) electrons. The van der Waals surface area contributed by atoms with Crippen LogP contribution in [0.4, 0.5) is 8.78 Å². The van der Waals surface area contributed by atoms with Crippen molar-refractivity contribution >= 4 is 5.91 Å². The lowest BCUT2D eigenvalue weighted by Gasteiger charge is -2.13. The first-order valence-electron chi connectivity index (χ1n) is 8.53. The van der Waals surface area contributed by atoms with Crippen LogP contribution in [0.5, 0.6) is 5.88 Å². The number of nitrogens with zero attached hydrogens (tertiary/aromatic N) is 2. The molecule has 0 unspecified atom stereocenters. The molecule has 1 aromatic heterocycles. The number of benzene rings is 2. The van der Waals surface area contributed by atoms with Crippen molar-refractivity contribution in [2.24, 2.45) is 0 Å². The zero-order valence-corrected chi connectivity index (χ0v) is 15.0. The number of rotatable bonds is 6. The number of hydrogen-bond donors (Lipinski definition) is 1. The number of carbonyl (C=O) groups excluding carboxylic acids is 1. The van der Waals surface area contributed by atoms with Gasteiger partial charge in [0.05, 0.1) is 18.4 Å². The SMILES string of the molecule is CCOc1cc(=O)c(C(=O)NCc2cc(F)cc(F)c2)nn1-c1ccccc1. The van der Waals surface area contributed by atoms with Crippen molar-refractivity contribution in [1.29, 1.82) is 0 Å². The summed E-state index contributed by atoms with van der Waals surface area (Å²) >= 11 is 0. The van der Waals surface area contributed by atoms with Gasteiger partial charge in [0.25, 0.3) is 5.91 Å². The van der Waals surface area contributed by atoms with Gasteiger partial charge < -0.3 is 10.1 Å². The van der Waals surface area contributed by atoms with Gasteiger partial charge in [0.1, 0.15) is 11.6 Å². The van der Waals surface area contributed by atoms with Gasteiger partial charge in [-0.15, -0.1) is 0 Å². The molecule has 0 spiro atoms. The third kappa shape index (κ3) is 4.40. The maximum atomic E-state index is 13.3. The second-order valence-corrected chi connectivity index (χ2v) is 5.84. The predicted molar refractivity (Wildman–Crippen MR) is 98.5 cm³/mol. The smallest absolute Gasteiger partial charge is 0.276 e. The van der Waals surface area contributed by atoms with Crippen LogP contribution in [0.1, 0.15) is 23.0 Å². The van der Waals surface area contributed by atoms with Crippen molar-refractivity contribution < 1.29 is 18.3 Å². The molecule has 3 rings (SSSR count). The Kier molecular flexibility index (Phi) is 5.78. The molecular weight excluding hydrogens is 368 g/mol. The van der Waals surface area contributed by atoms with Gasteiger partial charge in [-0.25, -0.2) is 13.5 Å². The fourth-order valence-electron chi connectivity index (χ4n) is 2.58. The number of nitrogens with one attached hydrogen (secondary N) is 1. The molecule has 0 saturated heterocycles. The van der Waals surface area contributed by atoms with Gasteiger partial charge in [0, 0.05) is 12.6 Å². The summed E-state index contributed by atoms with van der Waals surface area (Å²) in [6.07, 6.45) is 0. The summed E-state index contributed by atoms with van der Waals surface area (Å²) < 4.78 is 33.3. The van der Waals surface area contributed by atoms with E-state index in [0.717, 1.165) is 18.2 Å². The predicted octanol–water partition coefficient (Wildman–Crippen LogP) is 2.84. The van der Waals surface area contributed by atoms with Crippen LogP contribution in [0.15, 0.2) is 59.4 Å². The highest BCUT2D eigenvalue weighted by molar-refractivity contribution is 5.92. The summed E-state index contributed by atoms with van der Waals surface area (Å²) in [4.78, 5) is 24.8. The molecular formula is C20H17F2N3O3. The van der Waals surface area contributed by atoms with Crippen molar-refractivity contribution in [3.63, 3.8) is 0 Å². The van der Waals surface area contributed by atoms with Crippen LogP contribution in [0.2, 0.25) is 0 Å². The number of amides is 1. The number of carbonyl (C=O) groups is 1. The lowest BCUT2D eigenvalue weighted by atomic mass is 10.2. The minimum Gasteiger partial charge on any atom is -0.478 e. The first-order valence-corrected chi connectivity index (χ1v) is 8.53. The van der Waals surface area contributed by atoms with E-state index in [1.54, 1.807) is 31.2 Å². The maximum Gasteiger partial charge on any atom is 0.276 e. The zero-order chi connectivity index (χ0) is 20.1. The highest BCUT2D eigenvalue weighted by Gasteiger charge is 2.17. The van der Waals surface area contributed by atoms with E-state index in [0.29, 0.717) is 12.3 Å². The van der Waals surface area contributed by atoms with Gasteiger partial charge in [-0.2, -0.15) is 5.10 Å². The Morgan fingerprint density at radius 3 is 2.43 bits per heavy atom. The molecule has 8 heteroatoms. The molecule has 0 aliphatic carbocycles. The topological polar surface area (TPSA) is 73.2 Å². The van der Waals surface area contributed by atoms with Crippen molar-refractivity contribution in [2.75, 3.05) is 6.61 Å². The van der Waals surface area contributed by atoms with E-state index >= 15 is 0 Å². The molecule has 0 fully saturated rings. The standard InChI is InChI=1S/C20H17F2N3O3/c1-2-28-18-11-17(26)19(24-25(18)16-6-4-3-5-7-16)20(27)23-12-13-8-14(21)10-15(22)9-13/h3-11H,2,12H2,1H3,(H,23,27). The molecule has 144 valence electrons. The quantitative estimate of drug-likeness (QED) is 0.708. The molecule has 28 heavy (non-hydrogen) atoms. The normalized spacial score (nSPS) is 10.5. The average molecular weight is 385 g/mol. The van der Waals surface area contributed by atoms with E-state index in [-0.39, 0.29) is 23.7 Å². The van der Waals surface area contributed by atoms with Gasteiger partial charge in [-0.1, -0.05) is 18.2 Å². The van der Waals surface area contributed by atoms with Crippen molar-refractivity contribution in [1.82, 2.24) is 15.1 Å². The molecule has 0 bridgehead atoms. The lowest BCUT2D eigenvalue weighted by Crippen LogP contribution is -2.31. The Morgan fingerprint density at radius 1 is 1.11 bits per heavy atom. The molecule has 1 heterocycles. The van der Waals surface area contributed by atoms with Gasteiger partial charge in [-0.05, 0) is 36.8 Å². The first kappa shape index (κ1) is 19.2. The van der Waals surface area contributed by atoms with Crippen LogP contribution in [-0.4, -0.2) is 22.3 Å². The van der Waals surface area contributed by atoms with Gasteiger partial charge in [-0.3, -0.25) is 9.59 Å². The highest BCUT2D eigenvalue weighted by atomic mass is 19.1. The summed E-state index contributed by atoms with van der Waals surface area (Å²) in [5.41, 5.74) is -0.157. The van der Waals surface area contributed by atoms with Gasteiger partial charge in [0.15, 0.2) is 5.69 Å². The Balaban J connectivity index is 1.90. The molecule has 0 atom stereocenters. The van der Waals surface area contributed by atoms with Crippen molar-refractivity contribution in [2.45, 2.75) is 13.5 Å². The zero-order valence-electron chi connectivity index (χ0n) is 15.0. The molecule has 0 aliphatic heterocycles. The third-order valence-corrected chi connectivity index (χ3v) is 3.78. The number of hydrogen-bond acceptors (Lipinski definition) is 4. The summed E-state index contributed by atoms with van der Waals surface area (Å²) in [6.45, 7) is 1.91. The van der Waals surface area contributed by atoms with Crippen LogP contribution in [-0.2, 0) is 6.54 Å².